The van der Waals surface area contributed by atoms with E-state index in [1.165, 1.54) is 17.7 Å². The molecule has 0 radical (unpaired) electrons. The zero-order valence-electron chi connectivity index (χ0n) is 13.2. The van der Waals surface area contributed by atoms with E-state index in [1.54, 1.807) is 12.1 Å². The molecular formula is C18H19NO4. The Morgan fingerprint density at radius 3 is 2.52 bits per heavy atom. The summed E-state index contributed by atoms with van der Waals surface area (Å²) in [5.74, 6) is 0.326. The van der Waals surface area contributed by atoms with E-state index in [4.69, 9.17) is 9.15 Å². The van der Waals surface area contributed by atoms with Gasteiger partial charge >= 0.3 is 5.97 Å². The number of amides is 1. The van der Waals surface area contributed by atoms with Gasteiger partial charge in [-0.2, -0.15) is 0 Å². The molecule has 2 rings (SSSR count). The molecule has 0 saturated carbocycles. The third kappa shape index (κ3) is 5.47. The van der Waals surface area contributed by atoms with Gasteiger partial charge in [-0.1, -0.05) is 19.1 Å². The maximum Gasteiger partial charge on any atom is 0.331 e. The second kappa shape index (κ2) is 7.98. The molecule has 0 fully saturated rings. The average molecular weight is 313 g/mol. The van der Waals surface area contributed by atoms with E-state index >= 15 is 0 Å². The first-order valence-electron chi connectivity index (χ1n) is 7.37. The van der Waals surface area contributed by atoms with Crippen LogP contribution in [0.2, 0.25) is 0 Å². The number of anilines is 1. The van der Waals surface area contributed by atoms with Crippen molar-refractivity contribution in [3.63, 3.8) is 0 Å². The molecule has 1 N–H and O–H groups in total. The molecule has 0 aliphatic rings. The molecule has 0 atom stereocenters. The lowest BCUT2D eigenvalue weighted by Crippen LogP contribution is -2.20. The summed E-state index contributed by atoms with van der Waals surface area (Å²) in [5.41, 5.74) is 1.86. The molecule has 23 heavy (non-hydrogen) atoms. The second-order valence-electron chi connectivity index (χ2n) is 4.99. The summed E-state index contributed by atoms with van der Waals surface area (Å²) in [6.45, 7) is 3.54. The van der Waals surface area contributed by atoms with Gasteiger partial charge in [0.15, 0.2) is 6.61 Å². The second-order valence-corrected chi connectivity index (χ2v) is 4.99. The molecule has 120 valence electrons. The number of carbonyl (C=O) groups excluding carboxylic acids is 2. The lowest BCUT2D eigenvalue weighted by atomic mass is 10.1. The fourth-order valence-electron chi connectivity index (χ4n) is 1.90. The van der Waals surface area contributed by atoms with E-state index in [0.29, 0.717) is 11.4 Å². The number of furan rings is 1. The predicted octanol–water partition coefficient (Wildman–Crippen LogP) is 3.35. The van der Waals surface area contributed by atoms with Crippen LogP contribution in [0.5, 0.6) is 0 Å². The zero-order chi connectivity index (χ0) is 16.7. The number of rotatable bonds is 6. The van der Waals surface area contributed by atoms with Gasteiger partial charge in [-0.25, -0.2) is 4.79 Å². The van der Waals surface area contributed by atoms with E-state index in [2.05, 4.69) is 12.2 Å². The van der Waals surface area contributed by atoms with Crippen LogP contribution in [0, 0.1) is 6.92 Å². The number of ether oxygens (including phenoxy) is 1. The summed E-state index contributed by atoms with van der Waals surface area (Å²) < 4.78 is 10.2. The number of hydrogen-bond donors (Lipinski definition) is 1. The summed E-state index contributed by atoms with van der Waals surface area (Å²) in [6.07, 6.45) is 3.66. The summed E-state index contributed by atoms with van der Waals surface area (Å²) >= 11 is 0. The van der Waals surface area contributed by atoms with Crippen molar-refractivity contribution in [3.05, 3.63) is 59.6 Å². The first kappa shape index (κ1) is 16.5. The Balaban J connectivity index is 1.76. The minimum absolute atomic E-state index is 0.337. The van der Waals surface area contributed by atoms with Gasteiger partial charge in [0.1, 0.15) is 11.5 Å². The number of carbonyl (C=O) groups is 2. The Morgan fingerprint density at radius 2 is 1.91 bits per heavy atom. The molecule has 0 saturated heterocycles. The number of aryl methyl sites for hydroxylation is 2. The van der Waals surface area contributed by atoms with Crippen molar-refractivity contribution in [1.29, 1.82) is 0 Å². The topological polar surface area (TPSA) is 68.5 Å². The maximum atomic E-state index is 11.7. The molecule has 2 aromatic rings. The standard InChI is InChI=1S/C18H19NO4/c1-3-14-5-7-15(8-6-14)19-17(20)12-22-18(21)11-10-16-9-4-13(2)23-16/h4-11H,3,12H2,1-2H3,(H,19,20)/b11-10+. The van der Waals surface area contributed by atoms with Crippen molar-refractivity contribution in [3.8, 4) is 0 Å². The predicted molar refractivity (Wildman–Crippen MR) is 87.9 cm³/mol. The molecule has 5 heteroatoms. The summed E-state index contributed by atoms with van der Waals surface area (Å²) in [6, 6.07) is 11.1. The Morgan fingerprint density at radius 1 is 1.17 bits per heavy atom. The summed E-state index contributed by atoms with van der Waals surface area (Å²) in [7, 11) is 0. The number of hydrogen-bond acceptors (Lipinski definition) is 4. The minimum Gasteiger partial charge on any atom is -0.462 e. The maximum absolute atomic E-state index is 11.7. The van der Waals surface area contributed by atoms with E-state index < -0.39 is 5.97 Å². The summed E-state index contributed by atoms with van der Waals surface area (Å²) in [5, 5.41) is 2.67. The van der Waals surface area contributed by atoms with E-state index in [9.17, 15) is 9.59 Å². The average Bonchev–Trinajstić information content (AvgIpc) is 2.97. The Labute approximate surface area is 134 Å². The fraction of sp³-hybridized carbons (Fsp3) is 0.222. The van der Waals surface area contributed by atoms with Gasteiger partial charge in [0.05, 0.1) is 0 Å². The van der Waals surface area contributed by atoms with Crippen LogP contribution in [0.15, 0.2) is 46.9 Å². The van der Waals surface area contributed by atoms with Crippen molar-refractivity contribution >= 4 is 23.6 Å². The molecule has 1 amide bonds. The first-order valence-corrected chi connectivity index (χ1v) is 7.37. The molecule has 0 bridgehead atoms. The van der Waals surface area contributed by atoms with Crippen LogP contribution in [0.3, 0.4) is 0 Å². The van der Waals surface area contributed by atoms with Crippen molar-refractivity contribution in [2.75, 3.05) is 11.9 Å². The van der Waals surface area contributed by atoms with Crippen LogP contribution in [-0.2, 0) is 20.7 Å². The lowest BCUT2D eigenvalue weighted by Gasteiger charge is -2.06. The highest BCUT2D eigenvalue weighted by Gasteiger charge is 2.06. The van der Waals surface area contributed by atoms with E-state index in [1.807, 2.05) is 31.2 Å². The highest BCUT2D eigenvalue weighted by Crippen LogP contribution is 2.10. The van der Waals surface area contributed by atoms with Gasteiger partial charge in [0.25, 0.3) is 5.91 Å². The van der Waals surface area contributed by atoms with Crippen molar-refractivity contribution < 1.29 is 18.7 Å². The Bertz CT molecular complexity index is 698. The molecule has 0 aliphatic heterocycles. The van der Waals surface area contributed by atoms with Crippen molar-refractivity contribution in [1.82, 2.24) is 0 Å². The van der Waals surface area contributed by atoms with Gasteiger partial charge in [-0.3, -0.25) is 4.79 Å². The number of benzene rings is 1. The normalized spacial score (nSPS) is 10.7. The quantitative estimate of drug-likeness (QED) is 0.656. The number of esters is 1. The minimum atomic E-state index is -0.601. The molecule has 0 spiro atoms. The SMILES string of the molecule is CCc1ccc(NC(=O)COC(=O)/C=C/c2ccc(C)o2)cc1. The largest absolute Gasteiger partial charge is 0.462 e. The molecular weight excluding hydrogens is 294 g/mol. The Hall–Kier alpha value is -2.82. The molecule has 0 aliphatic carbocycles. The van der Waals surface area contributed by atoms with Gasteiger partial charge in [0, 0.05) is 11.8 Å². The first-order chi connectivity index (χ1) is 11.1. The third-order valence-corrected chi connectivity index (χ3v) is 3.14. The zero-order valence-corrected chi connectivity index (χ0v) is 13.2. The van der Waals surface area contributed by atoms with Gasteiger partial charge in [0.2, 0.25) is 0 Å². The van der Waals surface area contributed by atoms with E-state index in [0.717, 1.165) is 12.2 Å². The Kier molecular flexibility index (Phi) is 5.74. The van der Waals surface area contributed by atoms with Gasteiger partial charge in [-0.05, 0) is 49.2 Å². The lowest BCUT2D eigenvalue weighted by molar-refractivity contribution is -0.142. The molecule has 1 aromatic carbocycles. The van der Waals surface area contributed by atoms with Crippen LogP contribution in [0.4, 0.5) is 5.69 Å². The number of nitrogens with one attached hydrogen (secondary N) is 1. The molecule has 5 nitrogen and oxygen atoms in total. The van der Waals surface area contributed by atoms with E-state index in [-0.39, 0.29) is 12.5 Å². The monoisotopic (exact) mass is 313 g/mol. The van der Waals surface area contributed by atoms with Crippen LogP contribution in [0.25, 0.3) is 6.08 Å². The molecule has 0 unspecified atom stereocenters. The smallest absolute Gasteiger partial charge is 0.331 e. The van der Waals surface area contributed by atoms with Crippen molar-refractivity contribution in [2.24, 2.45) is 0 Å². The fourth-order valence-corrected chi connectivity index (χ4v) is 1.90. The van der Waals surface area contributed by atoms with Gasteiger partial charge < -0.3 is 14.5 Å². The van der Waals surface area contributed by atoms with Crippen LogP contribution in [-0.4, -0.2) is 18.5 Å². The van der Waals surface area contributed by atoms with Crippen LogP contribution < -0.4 is 5.32 Å². The van der Waals surface area contributed by atoms with Crippen LogP contribution in [0.1, 0.15) is 24.0 Å². The highest BCUT2D eigenvalue weighted by molar-refractivity contribution is 5.94. The molecule has 1 heterocycles. The highest BCUT2D eigenvalue weighted by atomic mass is 16.5. The van der Waals surface area contributed by atoms with Gasteiger partial charge in [-0.15, -0.1) is 0 Å². The van der Waals surface area contributed by atoms with Crippen molar-refractivity contribution in [2.45, 2.75) is 20.3 Å². The third-order valence-electron chi connectivity index (χ3n) is 3.14. The molecule has 1 aromatic heterocycles. The summed E-state index contributed by atoms with van der Waals surface area (Å²) in [4.78, 5) is 23.3. The van der Waals surface area contributed by atoms with Crippen LogP contribution >= 0.6 is 0 Å².